The summed E-state index contributed by atoms with van der Waals surface area (Å²) in [6.45, 7) is 0. The van der Waals surface area contributed by atoms with E-state index in [1.54, 1.807) is 0 Å². The van der Waals surface area contributed by atoms with Crippen LogP contribution in [0.1, 0.15) is 10.4 Å². The Hall–Kier alpha value is -1.84. The van der Waals surface area contributed by atoms with E-state index in [9.17, 15) is 9.59 Å². The lowest BCUT2D eigenvalue weighted by Crippen LogP contribution is -2.14. The lowest BCUT2D eigenvalue weighted by atomic mass is 10.1. The molecule has 0 aliphatic carbocycles. The summed E-state index contributed by atoms with van der Waals surface area (Å²) in [5.41, 5.74) is 6.64. The quantitative estimate of drug-likeness (QED) is 0.507. The van der Waals surface area contributed by atoms with Crippen LogP contribution in [0.25, 0.3) is 0 Å². The number of hydrogen-bond donors (Lipinski definition) is 1. The van der Waals surface area contributed by atoms with Gasteiger partial charge in [0, 0.05) is 5.56 Å². The third-order valence-corrected chi connectivity index (χ3v) is 1.34. The molecular formula is C8H6NO3. The fourth-order valence-corrected chi connectivity index (χ4v) is 0.744. The topological polar surface area (TPSA) is 78.2 Å². The van der Waals surface area contributed by atoms with Crippen molar-refractivity contribution in [3.8, 4) is 5.75 Å². The molecule has 1 rings (SSSR count). The highest BCUT2D eigenvalue weighted by Gasteiger charge is 2.11. The van der Waals surface area contributed by atoms with Crippen molar-refractivity contribution >= 4 is 11.7 Å². The van der Waals surface area contributed by atoms with Gasteiger partial charge in [-0.25, -0.2) is 0 Å². The van der Waals surface area contributed by atoms with Crippen molar-refractivity contribution in [3.63, 3.8) is 0 Å². The number of phenolic OH excluding ortho intramolecular Hbond substituents is 1. The summed E-state index contributed by atoms with van der Waals surface area (Å²) < 4.78 is 0. The zero-order valence-corrected chi connectivity index (χ0v) is 6.07. The summed E-state index contributed by atoms with van der Waals surface area (Å²) in [5.74, 6) is -2.10. The predicted molar refractivity (Wildman–Crippen MR) is 40.5 cm³/mol. The second kappa shape index (κ2) is 3.04. The smallest absolute Gasteiger partial charge is 0.310 e. The number of rotatable bonds is 2. The maximum atomic E-state index is 10.8. The molecule has 0 unspecified atom stereocenters. The molecule has 2 N–H and O–H groups in total. The van der Waals surface area contributed by atoms with Gasteiger partial charge in [-0.15, -0.1) is 0 Å². The average molecular weight is 164 g/mol. The molecule has 61 valence electrons. The number of nitrogens with one attached hydrogen (secondary N) is 1. The van der Waals surface area contributed by atoms with Crippen molar-refractivity contribution in [2.24, 2.45) is 0 Å². The number of carbonyl (C=O) groups excluding carboxylic acids is 2. The number of hydrogen-bond acceptors (Lipinski definition) is 3. The van der Waals surface area contributed by atoms with Gasteiger partial charge in [0.25, 0.3) is 5.78 Å². The first-order valence-corrected chi connectivity index (χ1v) is 3.20. The molecule has 4 heteroatoms. The Bertz CT molecular complexity index is 316. The summed E-state index contributed by atoms with van der Waals surface area (Å²) in [6.07, 6.45) is 0. The van der Waals surface area contributed by atoms with Crippen LogP contribution in [0.5, 0.6) is 5.75 Å². The van der Waals surface area contributed by atoms with Crippen LogP contribution in [0.3, 0.4) is 0 Å². The van der Waals surface area contributed by atoms with E-state index in [2.05, 4.69) is 0 Å². The van der Waals surface area contributed by atoms with Gasteiger partial charge in [-0.2, -0.15) is 0 Å². The Balaban J connectivity index is 2.98. The van der Waals surface area contributed by atoms with Crippen molar-refractivity contribution in [1.82, 2.24) is 5.73 Å². The fraction of sp³-hybridized carbons (Fsp3) is 0. The van der Waals surface area contributed by atoms with Crippen LogP contribution in [-0.2, 0) is 4.79 Å². The zero-order chi connectivity index (χ0) is 9.14. The van der Waals surface area contributed by atoms with Gasteiger partial charge in [-0.3, -0.25) is 15.3 Å². The highest BCUT2D eigenvalue weighted by atomic mass is 16.3. The molecule has 0 saturated carbocycles. The molecule has 0 heterocycles. The van der Waals surface area contributed by atoms with Crippen LogP contribution in [-0.4, -0.2) is 16.8 Å². The Morgan fingerprint density at radius 3 is 2.08 bits per heavy atom. The van der Waals surface area contributed by atoms with E-state index in [0.29, 0.717) is 0 Å². The third-order valence-electron chi connectivity index (χ3n) is 1.34. The number of ketones is 1. The first kappa shape index (κ1) is 8.26. The maximum Gasteiger partial charge on any atom is 0.310 e. The second-order valence-corrected chi connectivity index (χ2v) is 2.21. The summed E-state index contributed by atoms with van der Waals surface area (Å²) in [4.78, 5) is 21.1. The predicted octanol–water partition coefficient (Wildman–Crippen LogP) is 0.384. The zero-order valence-electron chi connectivity index (χ0n) is 6.07. The van der Waals surface area contributed by atoms with E-state index in [1.165, 1.54) is 24.3 Å². The lowest BCUT2D eigenvalue weighted by Gasteiger charge is -1.94. The number of carbonyl (C=O) groups is 2. The van der Waals surface area contributed by atoms with Crippen LogP contribution < -0.4 is 5.73 Å². The molecule has 0 saturated heterocycles. The van der Waals surface area contributed by atoms with Gasteiger partial charge in [-0.05, 0) is 24.3 Å². The van der Waals surface area contributed by atoms with Crippen LogP contribution >= 0.6 is 0 Å². The Kier molecular flexibility index (Phi) is 2.09. The molecule has 0 aromatic heterocycles. The van der Waals surface area contributed by atoms with Crippen LogP contribution in [0.4, 0.5) is 0 Å². The molecule has 0 fully saturated rings. The third kappa shape index (κ3) is 1.60. The molecule has 4 nitrogen and oxygen atoms in total. The molecule has 0 spiro atoms. The van der Waals surface area contributed by atoms with Crippen molar-refractivity contribution in [2.75, 3.05) is 0 Å². The van der Waals surface area contributed by atoms with Crippen molar-refractivity contribution in [1.29, 1.82) is 0 Å². The molecule has 1 radical (unpaired) electrons. The van der Waals surface area contributed by atoms with Crippen LogP contribution in [0, 0.1) is 0 Å². The largest absolute Gasteiger partial charge is 0.508 e. The molecule has 0 atom stereocenters. The Morgan fingerprint density at radius 2 is 1.67 bits per heavy atom. The van der Waals surface area contributed by atoms with E-state index >= 15 is 0 Å². The van der Waals surface area contributed by atoms with Crippen molar-refractivity contribution < 1.29 is 14.7 Å². The Morgan fingerprint density at radius 1 is 1.17 bits per heavy atom. The van der Waals surface area contributed by atoms with Gasteiger partial charge in [0.05, 0.1) is 0 Å². The highest BCUT2D eigenvalue weighted by molar-refractivity contribution is 6.42. The molecule has 1 aromatic carbocycles. The minimum absolute atomic E-state index is 0.0176. The Labute approximate surface area is 68.6 Å². The van der Waals surface area contributed by atoms with E-state index in [1.807, 2.05) is 0 Å². The first-order valence-electron chi connectivity index (χ1n) is 3.20. The molecule has 12 heavy (non-hydrogen) atoms. The summed E-state index contributed by atoms with van der Waals surface area (Å²) in [6, 6.07) is 5.17. The average Bonchev–Trinajstić information content (AvgIpc) is 2.04. The molecule has 0 aliphatic rings. The second-order valence-electron chi connectivity index (χ2n) is 2.21. The van der Waals surface area contributed by atoms with Gasteiger partial charge >= 0.3 is 5.91 Å². The fourth-order valence-electron chi connectivity index (χ4n) is 0.744. The molecule has 0 bridgehead atoms. The number of amides is 1. The van der Waals surface area contributed by atoms with Crippen molar-refractivity contribution in [3.05, 3.63) is 29.8 Å². The number of Topliss-reactive ketones (excluding diaryl/α,β-unsaturated/α-hetero) is 1. The lowest BCUT2D eigenvalue weighted by molar-refractivity contribution is -0.114. The SMILES string of the molecule is [NH]C(=O)C(=O)c1ccc(O)cc1. The van der Waals surface area contributed by atoms with E-state index in [4.69, 9.17) is 10.8 Å². The monoisotopic (exact) mass is 164 g/mol. The maximum absolute atomic E-state index is 10.8. The minimum atomic E-state index is -1.25. The van der Waals surface area contributed by atoms with Gasteiger partial charge in [0.1, 0.15) is 5.75 Å². The standard InChI is InChI=1S/C8H6NO3/c9-8(12)7(11)5-1-3-6(10)4-2-5/h1-4,9-10H. The van der Waals surface area contributed by atoms with E-state index < -0.39 is 11.7 Å². The first-order chi connectivity index (χ1) is 5.61. The molecule has 0 aliphatic heterocycles. The highest BCUT2D eigenvalue weighted by Crippen LogP contribution is 2.09. The minimum Gasteiger partial charge on any atom is -0.508 e. The molecule has 1 amide bonds. The van der Waals surface area contributed by atoms with E-state index in [-0.39, 0.29) is 11.3 Å². The molecular weight excluding hydrogens is 158 g/mol. The van der Waals surface area contributed by atoms with Gasteiger partial charge in [0.2, 0.25) is 0 Å². The van der Waals surface area contributed by atoms with Gasteiger partial charge in [-0.1, -0.05) is 0 Å². The summed E-state index contributed by atoms with van der Waals surface area (Å²) in [5, 5.41) is 8.83. The summed E-state index contributed by atoms with van der Waals surface area (Å²) >= 11 is 0. The normalized spacial score (nSPS) is 9.33. The van der Waals surface area contributed by atoms with Gasteiger partial charge in [0.15, 0.2) is 0 Å². The van der Waals surface area contributed by atoms with Crippen LogP contribution in [0.15, 0.2) is 24.3 Å². The molecule has 1 aromatic rings. The van der Waals surface area contributed by atoms with Gasteiger partial charge < -0.3 is 5.11 Å². The van der Waals surface area contributed by atoms with Crippen molar-refractivity contribution in [2.45, 2.75) is 0 Å². The number of aromatic hydroxyl groups is 1. The van der Waals surface area contributed by atoms with Crippen LogP contribution in [0.2, 0.25) is 0 Å². The number of benzene rings is 1. The number of phenols is 1. The van der Waals surface area contributed by atoms with E-state index in [0.717, 1.165) is 0 Å². The summed E-state index contributed by atoms with van der Waals surface area (Å²) in [7, 11) is 0.